The molecule has 0 aliphatic carbocycles. The van der Waals surface area contributed by atoms with E-state index >= 15 is 0 Å². The first kappa shape index (κ1) is 11.7. The van der Waals surface area contributed by atoms with E-state index in [1.807, 2.05) is 31.4 Å². The molecule has 1 aromatic heterocycles. The van der Waals surface area contributed by atoms with Gasteiger partial charge in [-0.05, 0) is 25.3 Å². The van der Waals surface area contributed by atoms with E-state index in [0.29, 0.717) is 6.54 Å². The molecule has 15 heavy (non-hydrogen) atoms. The molecule has 0 spiro atoms. The number of pyridine rings is 1. The molecule has 1 rings (SSSR count). The molecule has 78 valence electrons. The Morgan fingerprint density at radius 3 is 2.93 bits per heavy atom. The van der Waals surface area contributed by atoms with Crippen molar-refractivity contribution in [1.82, 2.24) is 4.98 Å². The second kappa shape index (κ2) is 6.20. The van der Waals surface area contributed by atoms with Crippen LogP contribution in [0.15, 0.2) is 29.4 Å². The summed E-state index contributed by atoms with van der Waals surface area (Å²) in [5.74, 6) is -0.332. The van der Waals surface area contributed by atoms with Gasteiger partial charge in [0.05, 0.1) is 16.8 Å². The highest BCUT2D eigenvalue weighted by atomic mass is 32.2. The molecule has 0 amide bonds. The van der Waals surface area contributed by atoms with E-state index in [1.165, 1.54) is 11.8 Å². The summed E-state index contributed by atoms with van der Waals surface area (Å²) in [6.07, 6.45) is 3.63. The smallest absolute Gasteiger partial charge is 0.136 e. The number of rotatable bonds is 3. The SMILES string of the molecule is CCN=C(SC)C(C#N)c1ccccn1. The number of nitriles is 1. The Morgan fingerprint density at radius 2 is 2.47 bits per heavy atom. The largest absolute Gasteiger partial charge is 0.281 e. The summed E-state index contributed by atoms with van der Waals surface area (Å²) in [6, 6.07) is 7.82. The second-order valence-corrected chi connectivity index (χ2v) is 3.66. The van der Waals surface area contributed by atoms with Crippen LogP contribution in [0.25, 0.3) is 0 Å². The topological polar surface area (TPSA) is 49.0 Å². The molecule has 0 radical (unpaired) electrons. The van der Waals surface area contributed by atoms with Gasteiger partial charge in [-0.25, -0.2) is 0 Å². The monoisotopic (exact) mass is 219 g/mol. The summed E-state index contributed by atoms with van der Waals surface area (Å²) >= 11 is 1.51. The zero-order valence-electron chi connectivity index (χ0n) is 8.84. The third kappa shape index (κ3) is 3.07. The van der Waals surface area contributed by atoms with Gasteiger partial charge in [-0.2, -0.15) is 5.26 Å². The average molecular weight is 219 g/mol. The zero-order chi connectivity index (χ0) is 11.1. The van der Waals surface area contributed by atoms with Crippen LogP contribution in [0.1, 0.15) is 18.5 Å². The van der Waals surface area contributed by atoms with E-state index in [0.717, 1.165) is 10.7 Å². The van der Waals surface area contributed by atoms with Crippen molar-refractivity contribution in [1.29, 1.82) is 5.26 Å². The van der Waals surface area contributed by atoms with Crippen molar-refractivity contribution in [2.45, 2.75) is 12.8 Å². The van der Waals surface area contributed by atoms with Gasteiger partial charge in [0, 0.05) is 12.7 Å². The lowest BCUT2D eigenvalue weighted by Gasteiger charge is -2.09. The lowest BCUT2D eigenvalue weighted by atomic mass is 10.1. The average Bonchev–Trinajstić information content (AvgIpc) is 2.30. The number of nitrogens with zero attached hydrogens (tertiary/aromatic N) is 3. The van der Waals surface area contributed by atoms with E-state index in [1.54, 1.807) is 6.20 Å². The van der Waals surface area contributed by atoms with Gasteiger partial charge in [-0.1, -0.05) is 6.07 Å². The molecule has 1 atom stereocenters. The Labute approximate surface area is 94.3 Å². The van der Waals surface area contributed by atoms with Gasteiger partial charge in [0.25, 0.3) is 0 Å². The fourth-order valence-electron chi connectivity index (χ4n) is 1.22. The van der Waals surface area contributed by atoms with E-state index < -0.39 is 0 Å². The summed E-state index contributed by atoms with van der Waals surface area (Å²) < 4.78 is 0. The minimum absolute atomic E-state index is 0.332. The van der Waals surface area contributed by atoms with Crippen LogP contribution in [0.5, 0.6) is 0 Å². The van der Waals surface area contributed by atoms with Gasteiger partial charge < -0.3 is 0 Å². The summed E-state index contributed by atoms with van der Waals surface area (Å²) in [5, 5.41) is 9.96. The van der Waals surface area contributed by atoms with Crippen LogP contribution < -0.4 is 0 Å². The minimum atomic E-state index is -0.332. The summed E-state index contributed by atoms with van der Waals surface area (Å²) in [4.78, 5) is 8.49. The Hall–Kier alpha value is -1.34. The van der Waals surface area contributed by atoms with Gasteiger partial charge >= 0.3 is 0 Å². The van der Waals surface area contributed by atoms with Gasteiger partial charge in [0.1, 0.15) is 5.92 Å². The molecule has 4 heteroatoms. The standard InChI is InChI=1S/C11H13N3S/c1-3-13-11(15-2)9(8-12)10-6-4-5-7-14-10/h4-7,9H,3H2,1-2H3. The molecule has 0 saturated carbocycles. The Bertz CT molecular complexity index is 367. The molecule has 0 bridgehead atoms. The molecule has 1 aromatic rings. The van der Waals surface area contributed by atoms with Crippen molar-refractivity contribution in [2.24, 2.45) is 4.99 Å². The molecular weight excluding hydrogens is 206 g/mol. The summed E-state index contributed by atoms with van der Waals surface area (Å²) in [7, 11) is 0. The molecule has 1 unspecified atom stereocenters. The number of thioether (sulfide) groups is 1. The van der Waals surface area contributed by atoms with Crippen molar-refractivity contribution in [3.05, 3.63) is 30.1 Å². The van der Waals surface area contributed by atoms with Crippen LogP contribution in [-0.4, -0.2) is 22.8 Å². The Kier molecular flexibility index (Phi) is 4.85. The van der Waals surface area contributed by atoms with Crippen molar-refractivity contribution >= 4 is 16.8 Å². The quantitative estimate of drug-likeness (QED) is 0.579. The maximum absolute atomic E-state index is 9.12. The number of hydrogen-bond acceptors (Lipinski definition) is 4. The molecule has 0 fully saturated rings. The third-order valence-electron chi connectivity index (χ3n) is 1.88. The highest BCUT2D eigenvalue weighted by molar-refractivity contribution is 8.13. The lowest BCUT2D eigenvalue weighted by molar-refractivity contribution is 1.03. The summed E-state index contributed by atoms with van der Waals surface area (Å²) in [6.45, 7) is 2.66. The van der Waals surface area contributed by atoms with E-state index in [4.69, 9.17) is 5.26 Å². The molecule has 0 saturated heterocycles. The van der Waals surface area contributed by atoms with Crippen LogP contribution >= 0.6 is 11.8 Å². The second-order valence-electron chi connectivity index (χ2n) is 2.83. The van der Waals surface area contributed by atoms with E-state index in [-0.39, 0.29) is 5.92 Å². The summed E-state index contributed by atoms with van der Waals surface area (Å²) in [5.41, 5.74) is 0.765. The van der Waals surface area contributed by atoms with Crippen LogP contribution in [0.4, 0.5) is 0 Å². The predicted octanol–water partition coefficient (Wildman–Crippen LogP) is 2.47. The highest BCUT2D eigenvalue weighted by Gasteiger charge is 2.17. The molecular formula is C11H13N3S. The van der Waals surface area contributed by atoms with Gasteiger partial charge in [-0.3, -0.25) is 9.98 Å². The normalized spacial score (nSPS) is 13.3. The van der Waals surface area contributed by atoms with E-state index in [2.05, 4.69) is 16.0 Å². The van der Waals surface area contributed by atoms with Gasteiger partial charge in [-0.15, -0.1) is 11.8 Å². The van der Waals surface area contributed by atoms with E-state index in [9.17, 15) is 0 Å². The molecule has 0 N–H and O–H groups in total. The molecule has 1 heterocycles. The van der Waals surface area contributed by atoms with Crippen molar-refractivity contribution in [2.75, 3.05) is 12.8 Å². The fraction of sp³-hybridized carbons (Fsp3) is 0.364. The van der Waals surface area contributed by atoms with Crippen molar-refractivity contribution in [3.63, 3.8) is 0 Å². The number of aromatic nitrogens is 1. The van der Waals surface area contributed by atoms with Crippen LogP contribution in [0.2, 0.25) is 0 Å². The maximum atomic E-state index is 9.12. The molecule has 0 aromatic carbocycles. The maximum Gasteiger partial charge on any atom is 0.136 e. The molecule has 0 aliphatic heterocycles. The van der Waals surface area contributed by atoms with Crippen molar-refractivity contribution in [3.8, 4) is 6.07 Å². The molecule has 3 nitrogen and oxygen atoms in total. The Morgan fingerprint density at radius 1 is 1.67 bits per heavy atom. The zero-order valence-corrected chi connectivity index (χ0v) is 9.66. The van der Waals surface area contributed by atoms with Gasteiger partial charge in [0.15, 0.2) is 0 Å². The number of aliphatic imine (C=N–C) groups is 1. The Balaban J connectivity index is 3.00. The third-order valence-corrected chi connectivity index (χ3v) is 2.67. The van der Waals surface area contributed by atoms with Crippen LogP contribution in [0.3, 0.4) is 0 Å². The lowest BCUT2D eigenvalue weighted by Crippen LogP contribution is -2.09. The molecule has 0 aliphatic rings. The van der Waals surface area contributed by atoms with Crippen LogP contribution in [-0.2, 0) is 0 Å². The van der Waals surface area contributed by atoms with Crippen molar-refractivity contribution < 1.29 is 0 Å². The first-order valence-corrected chi connectivity index (χ1v) is 5.94. The minimum Gasteiger partial charge on any atom is -0.281 e. The highest BCUT2D eigenvalue weighted by Crippen LogP contribution is 2.20. The fourth-order valence-corrected chi connectivity index (χ4v) is 1.89. The van der Waals surface area contributed by atoms with Gasteiger partial charge in [0.2, 0.25) is 0 Å². The van der Waals surface area contributed by atoms with Crippen LogP contribution in [0, 0.1) is 11.3 Å². The predicted molar refractivity (Wildman–Crippen MR) is 64.1 cm³/mol. The number of hydrogen-bond donors (Lipinski definition) is 0. The first-order chi connectivity index (χ1) is 7.33. The first-order valence-electron chi connectivity index (χ1n) is 4.72.